The third-order valence-electron chi connectivity index (χ3n) is 4.70. The van der Waals surface area contributed by atoms with Gasteiger partial charge in [0.2, 0.25) is 5.91 Å². The maximum atomic E-state index is 12.5. The molecule has 6 heteroatoms. The van der Waals surface area contributed by atoms with E-state index in [0.29, 0.717) is 25.9 Å². The van der Waals surface area contributed by atoms with Gasteiger partial charge in [-0.25, -0.2) is 0 Å². The minimum Gasteiger partial charge on any atom is -0.491 e. The first-order valence-electron chi connectivity index (χ1n) is 9.59. The SMILES string of the molecule is C[C@H]1C[C@@H](C(=O)Nc2cccc(COCCOc3ccccc3)c2)CCN1.Cl. The number of nitrogens with one attached hydrogen (secondary N) is 2. The van der Waals surface area contributed by atoms with Gasteiger partial charge in [0.25, 0.3) is 0 Å². The average Bonchev–Trinajstić information content (AvgIpc) is 2.69. The van der Waals surface area contributed by atoms with Gasteiger partial charge in [-0.2, -0.15) is 0 Å². The topological polar surface area (TPSA) is 59.6 Å². The number of para-hydroxylation sites is 1. The molecule has 2 aromatic rings. The van der Waals surface area contributed by atoms with E-state index in [2.05, 4.69) is 17.6 Å². The number of hydrogen-bond donors (Lipinski definition) is 2. The molecule has 0 unspecified atom stereocenters. The summed E-state index contributed by atoms with van der Waals surface area (Å²) in [5.74, 6) is 1.03. The number of benzene rings is 2. The van der Waals surface area contributed by atoms with E-state index in [0.717, 1.165) is 36.4 Å². The Hall–Kier alpha value is -2.08. The van der Waals surface area contributed by atoms with Crippen LogP contribution >= 0.6 is 12.4 Å². The standard InChI is InChI=1S/C22H28N2O3.ClH/c1-17-14-19(10-11-23-17)22(25)24-20-7-5-6-18(15-20)16-26-12-13-27-21-8-3-2-4-9-21;/h2-9,15,17,19,23H,10-14,16H2,1H3,(H,24,25);1H/t17-,19-;/m0./s1. The smallest absolute Gasteiger partial charge is 0.227 e. The molecule has 5 nitrogen and oxygen atoms in total. The highest BCUT2D eigenvalue weighted by atomic mass is 35.5. The summed E-state index contributed by atoms with van der Waals surface area (Å²) >= 11 is 0. The van der Waals surface area contributed by atoms with Crippen LogP contribution in [-0.2, 0) is 16.1 Å². The first-order valence-corrected chi connectivity index (χ1v) is 9.59. The summed E-state index contributed by atoms with van der Waals surface area (Å²) in [5.41, 5.74) is 1.86. The van der Waals surface area contributed by atoms with Crippen LogP contribution in [0.25, 0.3) is 0 Å². The summed E-state index contributed by atoms with van der Waals surface area (Å²) < 4.78 is 11.3. The van der Waals surface area contributed by atoms with Crippen LogP contribution in [0.3, 0.4) is 0 Å². The van der Waals surface area contributed by atoms with E-state index in [-0.39, 0.29) is 24.2 Å². The molecule has 0 bridgehead atoms. The van der Waals surface area contributed by atoms with Gasteiger partial charge in [-0.3, -0.25) is 4.79 Å². The number of rotatable bonds is 8. The van der Waals surface area contributed by atoms with Crippen LogP contribution < -0.4 is 15.4 Å². The molecule has 0 saturated carbocycles. The Morgan fingerprint density at radius 2 is 1.96 bits per heavy atom. The van der Waals surface area contributed by atoms with Crippen molar-refractivity contribution in [2.24, 2.45) is 5.92 Å². The monoisotopic (exact) mass is 404 g/mol. The highest BCUT2D eigenvalue weighted by Gasteiger charge is 2.24. The zero-order valence-electron chi connectivity index (χ0n) is 16.2. The number of anilines is 1. The lowest BCUT2D eigenvalue weighted by atomic mass is 9.92. The minimum atomic E-state index is 0. The Kier molecular flexibility index (Phi) is 9.28. The molecule has 2 atom stereocenters. The van der Waals surface area contributed by atoms with Crippen LogP contribution in [0.5, 0.6) is 5.75 Å². The molecular formula is C22H29ClN2O3. The van der Waals surface area contributed by atoms with E-state index >= 15 is 0 Å². The number of ether oxygens (including phenoxy) is 2. The van der Waals surface area contributed by atoms with Crippen molar-refractivity contribution in [1.29, 1.82) is 0 Å². The molecule has 3 rings (SSSR count). The first-order chi connectivity index (χ1) is 13.2. The van der Waals surface area contributed by atoms with E-state index in [1.165, 1.54) is 0 Å². The lowest BCUT2D eigenvalue weighted by Gasteiger charge is -2.27. The molecule has 1 saturated heterocycles. The molecule has 2 N–H and O–H groups in total. The molecule has 1 amide bonds. The fourth-order valence-corrected chi connectivity index (χ4v) is 3.28. The van der Waals surface area contributed by atoms with Gasteiger partial charge in [0.05, 0.1) is 13.2 Å². The third kappa shape index (κ3) is 7.15. The van der Waals surface area contributed by atoms with Crippen LogP contribution in [-0.4, -0.2) is 31.7 Å². The first kappa shape index (κ1) is 22.2. The lowest BCUT2D eigenvalue weighted by Crippen LogP contribution is -2.40. The summed E-state index contributed by atoms with van der Waals surface area (Å²) in [6, 6.07) is 17.9. The highest BCUT2D eigenvalue weighted by molar-refractivity contribution is 5.92. The van der Waals surface area contributed by atoms with Gasteiger partial charge in [-0.15, -0.1) is 12.4 Å². The fourth-order valence-electron chi connectivity index (χ4n) is 3.28. The summed E-state index contributed by atoms with van der Waals surface area (Å²) in [6.45, 7) is 4.54. The predicted molar refractivity (Wildman–Crippen MR) is 114 cm³/mol. The number of hydrogen-bond acceptors (Lipinski definition) is 4. The van der Waals surface area contributed by atoms with Crippen molar-refractivity contribution < 1.29 is 14.3 Å². The molecule has 152 valence electrons. The van der Waals surface area contributed by atoms with Crippen molar-refractivity contribution in [3.8, 4) is 5.75 Å². The molecule has 1 heterocycles. The minimum absolute atomic E-state index is 0. The van der Waals surface area contributed by atoms with Crippen LogP contribution in [0.4, 0.5) is 5.69 Å². The number of amides is 1. The van der Waals surface area contributed by atoms with Crippen LogP contribution in [0.15, 0.2) is 54.6 Å². The van der Waals surface area contributed by atoms with Gasteiger partial charge in [0.15, 0.2) is 0 Å². The van der Waals surface area contributed by atoms with Gasteiger partial charge >= 0.3 is 0 Å². The van der Waals surface area contributed by atoms with E-state index in [4.69, 9.17) is 9.47 Å². The predicted octanol–water partition coefficient (Wildman–Crippen LogP) is 4.03. The summed E-state index contributed by atoms with van der Waals surface area (Å²) in [4.78, 5) is 12.5. The van der Waals surface area contributed by atoms with E-state index in [9.17, 15) is 4.79 Å². The highest BCUT2D eigenvalue weighted by Crippen LogP contribution is 2.19. The van der Waals surface area contributed by atoms with E-state index in [1.807, 2.05) is 54.6 Å². The second-order valence-electron chi connectivity index (χ2n) is 6.98. The Morgan fingerprint density at radius 1 is 1.14 bits per heavy atom. The molecule has 28 heavy (non-hydrogen) atoms. The molecule has 1 aliphatic heterocycles. The Morgan fingerprint density at radius 3 is 2.75 bits per heavy atom. The zero-order valence-corrected chi connectivity index (χ0v) is 17.0. The van der Waals surface area contributed by atoms with Crippen molar-refractivity contribution in [2.75, 3.05) is 25.1 Å². The maximum Gasteiger partial charge on any atom is 0.227 e. The van der Waals surface area contributed by atoms with Crippen molar-refractivity contribution in [2.45, 2.75) is 32.4 Å². The molecule has 0 aromatic heterocycles. The van der Waals surface area contributed by atoms with Gasteiger partial charge in [0, 0.05) is 17.6 Å². The largest absolute Gasteiger partial charge is 0.491 e. The van der Waals surface area contributed by atoms with Gasteiger partial charge in [-0.1, -0.05) is 30.3 Å². The zero-order chi connectivity index (χ0) is 18.9. The van der Waals surface area contributed by atoms with E-state index < -0.39 is 0 Å². The van der Waals surface area contributed by atoms with Crippen LogP contribution in [0.1, 0.15) is 25.3 Å². The molecule has 1 aliphatic rings. The van der Waals surface area contributed by atoms with Crippen LogP contribution in [0, 0.1) is 5.92 Å². The Balaban J connectivity index is 0.00000280. The summed E-state index contributed by atoms with van der Waals surface area (Å²) in [6.07, 6.45) is 1.77. The van der Waals surface area contributed by atoms with Crippen LogP contribution in [0.2, 0.25) is 0 Å². The Bertz CT molecular complexity index is 727. The van der Waals surface area contributed by atoms with Crippen molar-refractivity contribution in [3.63, 3.8) is 0 Å². The lowest BCUT2D eigenvalue weighted by molar-refractivity contribution is -0.120. The second kappa shape index (κ2) is 11.7. The third-order valence-corrected chi connectivity index (χ3v) is 4.70. The number of halogens is 1. The molecule has 1 fully saturated rings. The second-order valence-corrected chi connectivity index (χ2v) is 6.98. The average molecular weight is 405 g/mol. The fraction of sp³-hybridized carbons (Fsp3) is 0.409. The van der Waals surface area contributed by atoms with Crippen molar-refractivity contribution in [1.82, 2.24) is 5.32 Å². The number of carbonyl (C=O) groups is 1. The van der Waals surface area contributed by atoms with E-state index in [1.54, 1.807) is 0 Å². The van der Waals surface area contributed by atoms with Gasteiger partial charge < -0.3 is 20.1 Å². The molecule has 2 aromatic carbocycles. The number of piperidine rings is 1. The molecule has 0 radical (unpaired) electrons. The molecular weight excluding hydrogens is 376 g/mol. The maximum absolute atomic E-state index is 12.5. The molecule has 0 aliphatic carbocycles. The molecule has 0 spiro atoms. The Labute approximate surface area is 173 Å². The normalized spacial score (nSPS) is 18.8. The van der Waals surface area contributed by atoms with Gasteiger partial charge in [-0.05, 0) is 56.1 Å². The van der Waals surface area contributed by atoms with Crippen molar-refractivity contribution in [3.05, 3.63) is 60.2 Å². The quantitative estimate of drug-likeness (QED) is 0.652. The summed E-state index contributed by atoms with van der Waals surface area (Å²) in [7, 11) is 0. The number of carbonyl (C=O) groups excluding carboxylic acids is 1. The van der Waals surface area contributed by atoms with Crippen molar-refractivity contribution >= 4 is 24.0 Å². The summed E-state index contributed by atoms with van der Waals surface area (Å²) in [5, 5.41) is 6.43. The van der Waals surface area contributed by atoms with Gasteiger partial charge in [0.1, 0.15) is 12.4 Å².